The van der Waals surface area contributed by atoms with Crippen molar-refractivity contribution in [1.82, 2.24) is 0 Å². The van der Waals surface area contributed by atoms with Gasteiger partial charge in [-0.25, -0.2) is 0 Å². The largest absolute Gasteiger partial charge is 0.366 e. The molecular formula is C18H17ClO2. The van der Waals surface area contributed by atoms with E-state index in [2.05, 4.69) is 0 Å². The van der Waals surface area contributed by atoms with E-state index in [-0.39, 0.29) is 5.78 Å². The third-order valence-electron chi connectivity index (χ3n) is 3.05. The minimum Gasteiger partial charge on any atom is -0.366 e. The molecule has 0 saturated carbocycles. The Bertz CT molecular complexity index is 603. The third kappa shape index (κ3) is 4.85. The Morgan fingerprint density at radius 3 is 2.48 bits per heavy atom. The predicted octanol–water partition coefficient (Wildman–Crippen LogP) is 4.64. The van der Waals surface area contributed by atoms with Crippen LogP contribution in [0.15, 0.2) is 60.7 Å². The Morgan fingerprint density at radius 1 is 1.14 bits per heavy atom. The van der Waals surface area contributed by atoms with E-state index in [9.17, 15) is 4.79 Å². The lowest BCUT2D eigenvalue weighted by Crippen LogP contribution is -2.20. The number of carbonyl (C=O) groups is 1. The quantitative estimate of drug-likeness (QED) is 0.726. The van der Waals surface area contributed by atoms with Crippen LogP contribution >= 0.6 is 11.6 Å². The molecule has 1 atom stereocenters. The second-order valence-electron chi connectivity index (χ2n) is 4.66. The molecule has 2 nitrogen and oxygen atoms in total. The zero-order valence-corrected chi connectivity index (χ0v) is 12.6. The molecule has 108 valence electrons. The maximum Gasteiger partial charge on any atom is 0.191 e. The highest BCUT2D eigenvalue weighted by molar-refractivity contribution is 6.30. The normalized spacial score (nSPS) is 12.5. The fraction of sp³-hybridized carbons (Fsp3) is 0.167. The van der Waals surface area contributed by atoms with Crippen molar-refractivity contribution in [3.8, 4) is 0 Å². The van der Waals surface area contributed by atoms with Gasteiger partial charge in [-0.2, -0.15) is 0 Å². The van der Waals surface area contributed by atoms with Gasteiger partial charge in [0.15, 0.2) is 5.78 Å². The van der Waals surface area contributed by atoms with Crippen LogP contribution in [-0.4, -0.2) is 18.5 Å². The summed E-state index contributed by atoms with van der Waals surface area (Å²) < 4.78 is 5.54. The molecule has 1 unspecified atom stereocenters. The number of benzene rings is 2. The molecule has 0 aliphatic carbocycles. The molecule has 2 aromatic carbocycles. The molecule has 0 saturated heterocycles. The number of ether oxygens (including phenoxy) is 1. The van der Waals surface area contributed by atoms with Crippen molar-refractivity contribution >= 4 is 23.5 Å². The maximum atomic E-state index is 12.1. The number of hydrogen-bond acceptors (Lipinski definition) is 2. The zero-order valence-electron chi connectivity index (χ0n) is 11.8. The summed E-state index contributed by atoms with van der Waals surface area (Å²) in [4.78, 5) is 12.1. The number of ketones is 1. The first-order valence-electron chi connectivity index (χ1n) is 6.80. The molecular weight excluding hydrogens is 284 g/mol. The molecule has 3 heteroatoms. The first-order chi connectivity index (χ1) is 10.2. The van der Waals surface area contributed by atoms with Crippen LogP contribution in [0.2, 0.25) is 5.02 Å². The Balaban J connectivity index is 1.84. The smallest absolute Gasteiger partial charge is 0.191 e. The Hall–Kier alpha value is -1.90. The van der Waals surface area contributed by atoms with Gasteiger partial charge in [0.1, 0.15) is 6.10 Å². The molecule has 0 N–H and O–H groups in total. The molecule has 0 bridgehead atoms. The monoisotopic (exact) mass is 300 g/mol. The third-order valence-corrected chi connectivity index (χ3v) is 3.30. The highest BCUT2D eigenvalue weighted by Gasteiger charge is 2.14. The molecule has 0 radical (unpaired) electrons. The predicted molar refractivity (Wildman–Crippen MR) is 86.7 cm³/mol. The van der Waals surface area contributed by atoms with E-state index in [0.717, 1.165) is 5.56 Å². The van der Waals surface area contributed by atoms with Crippen LogP contribution in [0.1, 0.15) is 22.8 Å². The summed E-state index contributed by atoms with van der Waals surface area (Å²) in [6, 6.07) is 16.8. The van der Waals surface area contributed by atoms with Gasteiger partial charge < -0.3 is 4.74 Å². The summed E-state index contributed by atoms with van der Waals surface area (Å²) >= 11 is 5.80. The van der Waals surface area contributed by atoms with Crippen molar-refractivity contribution in [2.24, 2.45) is 0 Å². The van der Waals surface area contributed by atoms with Crippen LogP contribution in [0.3, 0.4) is 0 Å². The van der Waals surface area contributed by atoms with Gasteiger partial charge >= 0.3 is 0 Å². The summed E-state index contributed by atoms with van der Waals surface area (Å²) in [7, 11) is 0. The Morgan fingerprint density at radius 2 is 1.81 bits per heavy atom. The molecule has 0 aliphatic heterocycles. The molecule has 0 aromatic heterocycles. The molecule has 2 aromatic rings. The van der Waals surface area contributed by atoms with Gasteiger partial charge in [0.25, 0.3) is 0 Å². The number of hydrogen-bond donors (Lipinski definition) is 0. The van der Waals surface area contributed by atoms with Crippen molar-refractivity contribution < 1.29 is 9.53 Å². The van der Waals surface area contributed by atoms with E-state index in [1.165, 1.54) is 0 Å². The first kappa shape index (κ1) is 15.5. The average Bonchev–Trinajstić information content (AvgIpc) is 2.52. The van der Waals surface area contributed by atoms with Crippen LogP contribution in [0.5, 0.6) is 0 Å². The molecule has 21 heavy (non-hydrogen) atoms. The standard InChI is InChI=1S/C18H17ClO2/c1-14(18(20)16-9-11-17(19)12-10-16)21-13-5-8-15-6-3-2-4-7-15/h2-12,14H,13H2,1H3. The molecule has 0 amide bonds. The molecule has 0 aliphatic rings. The lowest BCUT2D eigenvalue weighted by Gasteiger charge is -2.10. The van der Waals surface area contributed by atoms with Crippen molar-refractivity contribution in [3.05, 3.63) is 76.8 Å². The minimum atomic E-state index is -0.480. The van der Waals surface area contributed by atoms with E-state index in [1.807, 2.05) is 42.5 Å². The van der Waals surface area contributed by atoms with Gasteiger partial charge in [-0.3, -0.25) is 4.79 Å². The molecule has 0 heterocycles. The number of halogens is 1. The fourth-order valence-corrected chi connectivity index (χ4v) is 2.00. The van der Waals surface area contributed by atoms with E-state index in [0.29, 0.717) is 17.2 Å². The summed E-state index contributed by atoms with van der Waals surface area (Å²) in [6.07, 6.45) is 3.40. The van der Waals surface area contributed by atoms with Crippen LogP contribution in [0, 0.1) is 0 Å². The van der Waals surface area contributed by atoms with Crippen molar-refractivity contribution in [1.29, 1.82) is 0 Å². The summed E-state index contributed by atoms with van der Waals surface area (Å²) in [5.74, 6) is -0.0419. The topological polar surface area (TPSA) is 26.3 Å². The molecule has 2 rings (SSSR count). The van der Waals surface area contributed by atoms with Crippen LogP contribution in [0.25, 0.3) is 6.08 Å². The lowest BCUT2D eigenvalue weighted by molar-refractivity contribution is 0.0567. The van der Waals surface area contributed by atoms with E-state index >= 15 is 0 Å². The zero-order chi connectivity index (χ0) is 15.1. The maximum absolute atomic E-state index is 12.1. The molecule has 0 spiro atoms. The number of rotatable bonds is 6. The van der Waals surface area contributed by atoms with Crippen molar-refractivity contribution in [2.75, 3.05) is 6.61 Å². The molecule has 0 fully saturated rings. The van der Waals surface area contributed by atoms with Gasteiger partial charge in [-0.1, -0.05) is 54.1 Å². The number of Topliss-reactive ketones (excluding diaryl/α,β-unsaturated/α-hetero) is 1. The average molecular weight is 301 g/mol. The van der Waals surface area contributed by atoms with Crippen LogP contribution in [0.4, 0.5) is 0 Å². The van der Waals surface area contributed by atoms with Crippen LogP contribution in [-0.2, 0) is 4.74 Å². The van der Waals surface area contributed by atoms with E-state index in [4.69, 9.17) is 16.3 Å². The Kier molecular flexibility index (Phi) is 5.73. The summed E-state index contributed by atoms with van der Waals surface area (Å²) in [6.45, 7) is 2.16. The van der Waals surface area contributed by atoms with Crippen molar-refractivity contribution in [2.45, 2.75) is 13.0 Å². The van der Waals surface area contributed by atoms with E-state index < -0.39 is 6.10 Å². The fourth-order valence-electron chi connectivity index (χ4n) is 1.87. The highest BCUT2D eigenvalue weighted by Crippen LogP contribution is 2.12. The van der Waals surface area contributed by atoms with Gasteiger partial charge in [-0.05, 0) is 36.8 Å². The summed E-state index contributed by atoms with van der Waals surface area (Å²) in [5.41, 5.74) is 1.72. The Labute approximate surface area is 130 Å². The van der Waals surface area contributed by atoms with Gasteiger partial charge in [0.2, 0.25) is 0 Å². The minimum absolute atomic E-state index is 0.0419. The van der Waals surface area contributed by atoms with Crippen molar-refractivity contribution in [3.63, 3.8) is 0 Å². The lowest BCUT2D eigenvalue weighted by atomic mass is 10.1. The van der Waals surface area contributed by atoms with Gasteiger partial charge in [-0.15, -0.1) is 0 Å². The number of carbonyl (C=O) groups excluding carboxylic acids is 1. The first-order valence-corrected chi connectivity index (χ1v) is 7.17. The van der Waals surface area contributed by atoms with Gasteiger partial charge in [0, 0.05) is 10.6 Å². The summed E-state index contributed by atoms with van der Waals surface area (Å²) in [5, 5.41) is 0.617. The van der Waals surface area contributed by atoms with Gasteiger partial charge in [0.05, 0.1) is 6.61 Å². The van der Waals surface area contributed by atoms with Crippen LogP contribution < -0.4 is 0 Å². The second-order valence-corrected chi connectivity index (χ2v) is 5.10. The highest BCUT2D eigenvalue weighted by atomic mass is 35.5. The second kappa shape index (κ2) is 7.77. The SMILES string of the molecule is CC(OCC=Cc1ccccc1)C(=O)c1ccc(Cl)cc1. The van der Waals surface area contributed by atoms with E-state index in [1.54, 1.807) is 31.2 Å².